The topological polar surface area (TPSA) is 66.8 Å². The van der Waals surface area contributed by atoms with Crippen molar-refractivity contribution in [1.29, 1.82) is 0 Å². The summed E-state index contributed by atoms with van der Waals surface area (Å²) in [5, 5.41) is 8.56. The summed E-state index contributed by atoms with van der Waals surface area (Å²) in [7, 11) is 1.34. The van der Waals surface area contributed by atoms with E-state index in [1.165, 1.54) is 7.05 Å². The maximum Gasteiger partial charge on any atom is 0.358 e. The lowest BCUT2D eigenvalue weighted by Crippen LogP contribution is -2.23. The molecule has 12 heavy (non-hydrogen) atoms. The van der Waals surface area contributed by atoms with Gasteiger partial charge in [-0.2, -0.15) is 0 Å². The molecule has 0 fully saturated rings. The van der Waals surface area contributed by atoms with Gasteiger partial charge in [0, 0.05) is 7.05 Å². The van der Waals surface area contributed by atoms with Gasteiger partial charge in [-0.05, 0) is 6.92 Å². The number of aliphatic hydroxyl groups is 1. The molecule has 0 aliphatic carbocycles. The summed E-state index contributed by atoms with van der Waals surface area (Å²) in [6, 6.07) is 0. The van der Waals surface area contributed by atoms with Crippen LogP contribution in [0.4, 0.5) is 0 Å². The molecule has 0 aromatic carbocycles. The molecule has 0 heterocycles. The summed E-state index contributed by atoms with van der Waals surface area (Å²) in [5.74, 6) is -0.727. The monoisotopic (exact) mass is 173 g/mol. The summed E-state index contributed by atoms with van der Waals surface area (Å²) in [6.45, 7) is 1.83. The van der Waals surface area contributed by atoms with E-state index >= 15 is 0 Å². The number of hydrogen-bond donors (Lipinski definition) is 1. The third-order valence-corrected chi connectivity index (χ3v) is 1.14. The maximum absolute atomic E-state index is 10.9. The molecule has 5 heteroatoms. The first-order valence-corrected chi connectivity index (χ1v) is 3.37. The molecule has 0 atom stereocenters. The Kier molecular flexibility index (Phi) is 4.52. The van der Waals surface area contributed by atoms with Gasteiger partial charge >= 0.3 is 5.97 Å². The first-order valence-electron chi connectivity index (χ1n) is 3.37. The Bertz CT molecular complexity index is 200. The summed E-state index contributed by atoms with van der Waals surface area (Å²) in [6.07, 6.45) is 0.936. The van der Waals surface area contributed by atoms with Crippen LogP contribution in [0.25, 0.3) is 0 Å². The number of ether oxygens (including phenoxy) is 1. The van der Waals surface area contributed by atoms with Crippen LogP contribution in [-0.4, -0.2) is 36.0 Å². The van der Waals surface area contributed by atoms with Gasteiger partial charge in [-0.1, -0.05) is 0 Å². The third kappa shape index (κ3) is 2.61. The van der Waals surface area contributed by atoms with Gasteiger partial charge in [-0.3, -0.25) is 4.79 Å². The first kappa shape index (κ1) is 10.5. The van der Waals surface area contributed by atoms with Gasteiger partial charge in [0.2, 0.25) is 6.41 Å². The largest absolute Gasteiger partial charge is 0.513 e. The van der Waals surface area contributed by atoms with E-state index in [1.807, 2.05) is 0 Å². The van der Waals surface area contributed by atoms with Crippen LogP contribution in [0.15, 0.2) is 12.0 Å². The van der Waals surface area contributed by atoms with Crippen LogP contribution in [-0.2, 0) is 14.3 Å². The van der Waals surface area contributed by atoms with Crippen molar-refractivity contribution in [3.8, 4) is 0 Å². The van der Waals surface area contributed by atoms with E-state index in [0.717, 1.165) is 4.90 Å². The van der Waals surface area contributed by atoms with E-state index < -0.39 is 5.97 Å². The first-order chi connectivity index (χ1) is 5.67. The zero-order chi connectivity index (χ0) is 9.56. The molecule has 0 rings (SSSR count). The molecular formula is C7H11NO4. The van der Waals surface area contributed by atoms with Gasteiger partial charge in [0.1, 0.15) is 6.26 Å². The van der Waals surface area contributed by atoms with E-state index in [-0.39, 0.29) is 12.3 Å². The number of esters is 1. The molecule has 0 aromatic rings. The predicted octanol–water partition coefficient (Wildman–Crippen LogP) is 0.0371. The SMILES string of the molecule is CCOC(=O)C(=CO)N(C)C=O. The number of hydrogen-bond acceptors (Lipinski definition) is 4. The second-order valence-corrected chi connectivity index (χ2v) is 1.95. The van der Waals surface area contributed by atoms with E-state index in [1.54, 1.807) is 6.92 Å². The minimum atomic E-state index is -0.727. The van der Waals surface area contributed by atoms with Crippen molar-refractivity contribution in [3.63, 3.8) is 0 Å². The molecule has 1 amide bonds. The highest BCUT2D eigenvalue weighted by Gasteiger charge is 2.14. The van der Waals surface area contributed by atoms with Crippen LogP contribution < -0.4 is 0 Å². The van der Waals surface area contributed by atoms with Gasteiger partial charge in [0.25, 0.3) is 0 Å². The lowest BCUT2D eigenvalue weighted by Gasteiger charge is -2.11. The van der Waals surface area contributed by atoms with E-state index in [0.29, 0.717) is 12.7 Å². The summed E-state index contributed by atoms with van der Waals surface area (Å²) in [5.41, 5.74) is -0.188. The smallest absolute Gasteiger partial charge is 0.358 e. The fourth-order valence-corrected chi connectivity index (χ4v) is 0.550. The zero-order valence-electron chi connectivity index (χ0n) is 6.98. The molecule has 0 aliphatic rings. The Balaban J connectivity index is 4.36. The fraction of sp³-hybridized carbons (Fsp3) is 0.429. The lowest BCUT2D eigenvalue weighted by atomic mass is 10.4. The number of carbonyl (C=O) groups excluding carboxylic acids is 2. The normalized spacial score (nSPS) is 10.7. The summed E-state index contributed by atoms with van der Waals surface area (Å²) < 4.78 is 4.55. The Hall–Kier alpha value is -1.52. The van der Waals surface area contributed by atoms with Crippen LogP contribution in [0.5, 0.6) is 0 Å². The highest BCUT2D eigenvalue weighted by atomic mass is 16.5. The van der Waals surface area contributed by atoms with Crippen molar-refractivity contribution in [1.82, 2.24) is 4.90 Å². The standard InChI is InChI=1S/C7H11NO4/c1-3-12-7(11)6(4-9)8(2)5-10/h4-5,9H,3H2,1-2H3. The molecule has 0 unspecified atom stereocenters. The van der Waals surface area contributed by atoms with Crippen molar-refractivity contribution in [2.75, 3.05) is 13.7 Å². The number of likely N-dealkylation sites (N-methyl/N-ethyl adjacent to an activating group) is 1. The summed E-state index contributed by atoms with van der Waals surface area (Å²) in [4.78, 5) is 22.0. The molecule has 68 valence electrons. The van der Waals surface area contributed by atoms with Crippen LogP contribution in [0.1, 0.15) is 6.92 Å². The zero-order valence-corrected chi connectivity index (χ0v) is 6.98. The second-order valence-electron chi connectivity index (χ2n) is 1.95. The molecule has 5 nitrogen and oxygen atoms in total. The summed E-state index contributed by atoms with van der Waals surface area (Å²) >= 11 is 0. The molecule has 0 bridgehead atoms. The predicted molar refractivity (Wildman–Crippen MR) is 41.2 cm³/mol. The van der Waals surface area contributed by atoms with Gasteiger partial charge < -0.3 is 14.7 Å². The quantitative estimate of drug-likeness (QED) is 0.282. The lowest BCUT2D eigenvalue weighted by molar-refractivity contribution is -0.141. The van der Waals surface area contributed by atoms with E-state index in [2.05, 4.69) is 4.74 Å². The van der Waals surface area contributed by atoms with Crippen LogP contribution in [0.3, 0.4) is 0 Å². The average Bonchev–Trinajstić information content (AvgIpc) is 2.06. The average molecular weight is 173 g/mol. The fourth-order valence-electron chi connectivity index (χ4n) is 0.550. The highest BCUT2D eigenvalue weighted by molar-refractivity contribution is 5.89. The van der Waals surface area contributed by atoms with Crippen LogP contribution in [0, 0.1) is 0 Å². The van der Waals surface area contributed by atoms with Gasteiger partial charge in [0.05, 0.1) is 6.61 Å². The van der Waals surface area contributed by atoms with E-state index in [4.69, 9.17) is 5.11 Å². The molecule has 0 aliphatic heterocycles. The molecule has 0 saturated carbocycles. The molecule has 1 N–H and O–H groups in total. The minimum absolute atomic E-state index is 0.188. The molecular weight excluding hydrogens is 162 g/mol. The molecule has 0 aromatic heterocycles. The third-order valence-electron chi connectivity index (χ3n) is 1.14. The molecule has 0 radical (unpaired) electrons. The number of rotatable bonds is 4. The Morgan fingerprint density at radius 2 is 2.25 bits per heavy atom. The number of nitrogens with zero attached hydrogens (tertiary/aromatic N) is 1. The highest BCUT2D eigenvalue weighted by Crippen LogP contribution is 2.00. The maximum atomic E-state index is 10.9. The van der Waals surface area contributed by atoms with Crippen LogP contribution in [0.2, 0.25) is 0 Å². The number of amides is 1. The minimum Gasteiger partial charge on any atom is -0.513 e. The van der Waals surface area contributed by atoms with Gasteiger partial charge in [-0.25, -0.2) is 4.79 Å². The van der Waals surface area contributed by atoms with Crippen molar-refractivity contribution in [2.45, 2.75) is 6.92 Å². The Labute approximate surface area is 70.2 Å². The second kappa shape index (κ2) is 5.17. The van der Waals surface area contributed by atoms with Crippen molar-refractivity contribution < 1.29 is 19.4 Å². The number of aliphatic hydroxyl groups excluding tert-OH is 1. The van der Waals surface area contributed by atoms with Crippen molar-refractivity contribution in [3.05, 3.63) is 12.0 Å². The van der Waals surface area contributed by atoms with E-state index in [9.17, 15) is 9.59 Å². The van der Waals surface area contributed by atoms with Crippen LogP contribution >= 0.6 is 0 Å². The number of carbonyl (C=O) groups is 2. The van der Waals surface area contributed by atoms with Crippen molar-refractivity contribution >= 4 is 12.4 Å². The van der Waals surface area contributed by atoms with Gasteiger partial charge in [0.15, 0.2) is 5.70 Å². The van der Waals surface area contributed by atoms with Gasteiger partial charge in [-0.15, -0.1) is 0 Å². The Morgan fingerprint density at radius 1 is 1.67 bits per heavy atom. The molecule has 0 saturated heterocycles. The van der Waals surface area contributed by atoms with Crippen molar-refractivity contribution in [2.24, 2.45) is 0 Å². The molecule has 0 spiro atoms. The Morgan fingerprint density at radius 3 is 2.58 bits per heavy atom.